The molecule has 0 atom stereocenters. The zero-order valence-electron chi connectivity index (χ0n) is 21.9. The highest BCUT2D eigenvalue weighted by molar-refractivity contribution is 5.90. The molecule has 3 aromatic carbocycles. The molecule has 39 heavy (non-hydrogen) atoms. The summed E-state index contributed by atoms with van der Waals surface area (Å²) in [5.74, 6) is -1.01. The van der Waals surface area contributed by atoms with Crippen LogP contribution in [0.1, 0.15) is 44.9 Å². The molecule has 0 radical (unpaired) electrons. The van der Waals surface area contributed by atoms with Crippen LogP contribution >= 0.6 is 0 Å². The number of ether oxygens (including phenoxy) is 2. The van der Waals surface area contributed by atoms with Gasteiger partial charge in [0, 0.05) is 0 Å². The molecule has 0 saturated heterocycles. The van der Waals surface area contributed by atoms with Gasteiger partial charge in [-0.1, -0.05) is 18.2 Å². The predicted molar refractivity (Wildman–Crippen MR) is 146 cm³/mol. The van der Waals surface area contributed by atoms with Crippen LogP contribution in [0.15, 0.2) is 60.9 Å². The average molecular weight is 527 g/mol. The SMILES string of the molecule is Cc1cc(C)c2oc(=O)c(C(c3ccc4c(c3)OCCO4)c3c(O)c4cc(C)cc(C)c4oc3=O)c(O)c2c1. The molecular formula is C31H26O8. The van der Waals surface area contributed by atoms with E-state index in [-0.39, 0.29) is 33.8 Å². The van der Waals surface area contributed by atoms with E-state index in [0.717, 1.165) is 11.1 Å². The first kappa shape index (κ1) is 24.6. The van der Waals surface area contributed by atoms with Crippen molar-refractivity contribution in [1.29, 1.82) is 0 Å². The van der Waals surface area contributed by atoms with Gasteiger partial charge in [0.1, 0.15) is 35.9 Å². The highest BCUT2D eigenvalue weighted by atomic mass is 16.6. The van der Waals surface area contributed by atoms with Crippen molar-refractivity contribution in [2.24, 2.45) is 0 Å². The molecule has 0 aliphatic carbocycles. The molecule has 2 N–H and O–H groups in total. The monoisotopic (exact) mass is 526 g/mol. The van der Waals surface area contributed by atoms with Gasteiger partial charge in [-0.25, -0.2) is 9.59 Å². The van der Waals surface area contributed by atoms with E-state index in [1.165, 1.54) is 0 Å². The van der Waals surface area contributed by atoms with Crippen LogP contribution in [0.3, 0.4) is 0 Å². The molecule has 0 amide bonds. The summed E-state index contributed by atoms with van der Waals surface area (Å²) in [6.45, 7) is 8.00. The van der Waals surface area contributed by atoms with Crippen LogP contribution in [0.5, 0.6) is 23.0 Å². The third-order valence-corrected chi connectivity index (χ3v) is 7.16. The lowest BCUT2D eigenvalue weighted by Crippen LogP contribution is -2.22. The number of aryl methyl sites for hydroxylation is 4. The second kappa shape index (κ2) is 8.94. The summed E-state index contributed by atoms with van der Waals surface area (Å²) < 4.78 is 22.8. The Labute approximate surface area is 222 Å². The van der Waals surface area contributed by atoms with Gasteiger partial charge in [-0.05, 0) is 79.8 Å². The largest absolute Gasteiger partial charge is 0.507 e. The van der Waals surface area contributed by atoms with Gasteiger partial charge < -0.3 is 28.5 Å². The van der Waals surface area contributed by atoms with Crippen molar-refractivity contribution in [3.05, 3.63) is 102 Å². The van der Waals surface area contributed by atoms with Crippen LogP contribution in [0.2, 0.25) is 0 Å². The summed E-state index contributed by atoms with van der Waals surface area (Å²) in [6.07, 6.45) is 0. The number of rotatable bonds is 3. The van der Waals surface area contributed by atoms with Crippen LogP contribution in [0, 0.1) is 27.7 Å². The Kier molecular flexibility index (Phi) is 5.64. The molecule has 3 heterocycles. The Hall–Kier alpha value is -4.72. The minimum Gasteiger partial charge on any atom is -0.507 e. The minimum atomic E-state index is -1.25. The summed E-state index contributed by atoms with van der Waals surface area (Å²) in [5, 5.41) is 23.8. The topological polar surface area (TPSA) is 119 Å². The van der Waals surface area contributed by atoms with E-state index < -0.39 is 17.2 Å². The lowest BCUT2D eigenvalue weighted by atomic mass is 9.84. The first-order valence-corrected chi connectivity index (χ1v) is 12.6. The maximum absolute atomic E-state index is 13.6. The van der Waals surface area contributed by atoms with E-state index in [2.05, 4.69) is 0 Å². The van der Waals surface area contributed by atoms with Crippen LogP contribution in [-0.2, 0) is 0 Å². The fourth-order valence-electron chi connectivity index (χ4n) is 5.54. The fraction of sp³-hybridized carbons (Fsp3) is 0.226. The van der Waals surface area contributed by atoms with Gasteiger partial charge in [0.2, 0.25) is 0 Å². The van der Waals surface area contributed by atoms with E-state index in [9.17, 15) is 19.8 Å². The normalized spacial score (nSPS) is 12.9. The quantitative estimate of drug-likeness (QED) is 0.296. The van der Waals surface area contributed by atoms with E-state index in [1.807, 2.05) is 26.0 Å². The molecule has 1 aliphatic heterocycles. The Bertz CT molecular complexity index is 1820. The summed E-state index contributed by atoms with van der Waals surface area (Å²) >= 11 is 0. The first-order valence-electron chi connectivity index (χ1n) is 12.6. The average Bonchev–Trinajstić information content (AvgIpc) is 2.89. The van der Waals surface area contributed by atoms with Gasteiger partial charge in [-0.2, -0.15) is 0 Å². The summed E-state index contributed by atoms with van der Waals surface area (Å²) in [7, 11) is 0. The van der Waals surface area contributed by atoms with E-state index in [4.69, 9.17) is 18.3 Å². The van der Waals surface area contributed by atoms with Crippen molar-refractivity contribution in [3.63, 3.8) is 0 Å². The maximum atomic E-state index is 13.6. The van der Waals surface area contributed by atoms with Gasteiger partial charge >= 0.3 is 11.3 Å². The molecule has 8 nitrogen and oxygen atoms in total. The van der Waals surface area contributed by atoms with Gasteiger partial charge in [0.05, 0.1) is 27.8 Å². The first-order chi connectivity index (χ1) is 18.6. The molecule has 5 aromatic rings. The number of aromatic hydroxyl groups is 2. The number of hydrogen-bond acceptors (Lipinski definition) is 8. The van der Waals surface area contributed by atoms with E-state index in [1.54, 1.807) is 44.2 Å². The minimum absolute atomic E-state index is 0.199. The zero-order chi connectivity index (χ0) is 27.6. The third-order valence-electron chi connectivity index (χ3n) is 7.16. The fourth-order valence-corrected chi connectivity index (χ4v) is 5.54. The Morgan fingerprint density at radius 1 is 0.667 bits per heavy atom. The number of hydrogen-bond donors (Lipinski definition) is 2. The molecular weight excluding hydrogens is 500 g/mol. The lowest BCUT2D eigenvalue weighted by molar-refractivity contribution is 0.171. The van der Waals surface area contributed by atoms with Crippen molar-refractivity contribution < 1.29 is 28.5 Å². The highest BCUT2D eigenvalue weighted by Gasteiger charge is 2.34. The van der Waals surface area contributed by atoms with Crippen molar-refractivity contribution in [3.8, 4) is 23.0 Å². The molecule has 0 fully saturated rings. The van der Waals surface area contributed by atoms with E-state index >= 15 is 0 Å². The summed E-state index contributed by atoms with van der Waals surface area (Å²) in [6, 6.07) is 12.1. The Morgan fingerprint density at radius 2 is 1.15 bits per heavy atom. The summed E-state index contributed by atoms with van der Waals surface area (Å²) in [4.78, 5) is 27.1. The molecule has 2 aromatic heterocycles. The zero-order valence-corrected chi connectivity index (χ0v) is 21.9. The summed E-state index contributed by atoms with van der Waals surface area (Å²) in [5.41, 5.74) is 1.87. The smallest absolute Gasteiger partial charge is 0.344 e. The third kappa shape index (κ3) is 3.91. The van der Waals surface area contributed by atoms with Gasteiger partial charge in [-0.3, -0.25) is 0 Å². The Balaban J connectivity index is 1.73. The molecule has 0 bridgehead atoms. The lowest BCUT2D eigenvalue weighted by Gasteiger charge is -2.23. The predicted octanol–water partition coefficient (Wildman–Crippen LogP) is 5.50. The van der Waals surface area contributed by atoms with Crippen LogP contribution in [0.25, 0.3) is 21.9 Å². The van der Waals surface area contributed by atoms with Crippen molar-refractivity contribution in [1.82, 2.24) is 0 Å². The van der Waals surface area contributed by atoms with Crippen LogP contribution < -0.4 is 20.7 Å². The maximum Gasteiger partial charge on any atom is 0.344 e. The standard InChI is InChI=1S/C31H26O8/c1-14-9-16(3)28-19(11-14)26(32)24(30(34)38-28)23(18-5-6-21-22(13-18)37-8-7-36-21)25-27(33)20-12-15(2)10-17(4)29(20)39-31(25)35/h5-6,9-13,23,32-33H,7-8H2,1-4H3. The van der Waals surface area contributed by atoms with Crippen LogP contribution in [-0.4, -0.2) is 23.4 Å². The second-order valence-electron chi connectivity index (χ2n) is 10.1. The van der Waals surface area contributed by atoms with Gasteiger partial charge in [0.25, 0.3) is 0 Å². The molecule has 8 heteroatoms. The van der Waals surface area contributed by atoms with Gasteiger partial charge in [-0.15, -0.1) is 0 Å². The second-order valence-corrected chi connectivity index (χ2v) is 10.1. The van der Waals surface area contributed by atoms with Crippen molar-refractivity contribution in [2.45, 2.75) is 33.6 Å². The number of benzene rings is 3. The van der Waals surface area contributed by atoms with Crippen molar-refractivity contribution >= 4 is 21.9 Å². The van der Waals surface area contributed by atoms with Crippen molar-refractivity contribution in [2.75, 3.05) is 13.2 Å². The number of fused-ring (bicyclic) bond motifs is 3. The molecule has 0 saturated carbocycles. The molecule has 0 spiro atoms. The molecule has 198 valence electrons. The molecule has 6 rings (SSSR count). The van der Waals surface area contributed by atoms with Gasteiger partial charge in [0.15, 0.2) is 11.5 Å². The molecule has 0 unspecified atom stereocenters. The van der Waals surface area contributed by atoms with E-state index in [0.29, 0.717) is 52.2 Å². The van der Waals surface area contributed by atoms with Crippen LogP contribution in [0.4, 0.5) is 0 Å². The Morgan fingerprint density at radius 3 is 1.67 bits per heavy atom. The highest BCUT2D eigenvalue weighted by Crippen LogP contribution is 2.45. The molecule has 1 aliphatic rings.